The zero-order valence-electron chi connectivity index (χ0n) is 30.1. The fourth-order valence-electron chi connectivity index (χ4n) is 8.22. The molecule has 0 saturated carbocycles. The molecule has 8 aromatic rings. The Morgan fingerprint density at radius 2 is 0.929 bits per heavy atom. The molecule has 0 radical (unpaired) electrons. The van der Waals surface area contributed by atoms with E-state index in [0.29, 0.717) is 28.9 Å². The van der Waals surface area contributed by atoms with Crippen molar-refractivity contribution in [1.29, 1.82) is 10.8 Å². The number of benzene rings is 7. The molecule has 6 heteroatoms. The lowest BCUT2D eigenvalue weighted by Gasteiger charge is -2.40. The molecule has 1 aliphatic carbocycles. The first-order chi connectivity index (χ1) is 27.6. The maximum absolute atomic E-state index is 9.25. The van der Waals surface area contributed by atoms with Crippen molar-refractivity contribution in [3.05, 3.63) is 221 Å². The number of hydrogen-bond donors (Lipinski definition) is 2. The lowest BCUT2D eigenvalue weighted by Crippen LogP contribution is -2.33. The summed E-state index contributed by atoms with van der Waals surface area (Å²) in [4.78, 5) is 15.4. The van der Waals surface area contributed by atoms with Gasteiger partial charge >= 0.3 is 0 Å². The fourth-order valence-corrected chi connectivity index (χ4v) is 8.22. The van der Waals surface area contributed by atoms with Crippen molar-refractivity contribution in [2.45, 2.75) is 5.41 Å². The van der Waals surface area contributed by atoms with Gasteiger partial charge in [0, 0.05) is 27.8 Å². The van der Waals surface area contributed by atoms with Crippen LogP contribution in [-0.2, 0) is 5.41 Å². The van der Waals surface area contributed by atoms with E-state index in [0.717, 1.165) is 72.7 Å². The van der Waals surface area contributed by atoms with Crippen LogP contribution in [0.4, 0.5) is 0 Å². The van der Waals surface area contributed by atoms with Crippen molar-refractivity contribution < 1.29 is 4.74 Å². The van der Waals surface area contributed by atoms with Crippen LogP contribution in [0.1, 0.15) is 33.4 Å². The molecular formula is C50H33N5O. The molecule has 0 unspecified atom stereocenters. The minimum absolute atomic E-state index is 0.311. The first-order valence-electron chi connectivity index (χ1n) is 18.5. The Kier molecular flexibility index (Phi) is 7.89. The normalized spacial score (nSPS) is 13.0. The molecule has 1 aliphatic heterocycles. The summed E-state index contributed by atoms with van der Waals surface area (Å²) < 4.78 is 6.66. The van der Waals surface area contributed by atoms with Crippen molar-refractivity contribution in [2.24, 2.45) is 0 Å². The molecule has 0 fully saturated rings. The molecule has 10 rings (SSSR count). The van der Waals surface area contributed by atoms with Crippen LogP contribution in [0, 0.1) is 10.8 Å². The van der Waals surface area contributed by atoms with Crippen molar-refractivity contribution in [1.82, 2.24) is 15.0 Å². The van der Waals surface area contributed by atoms with Gasteiger partial charge in [-0.1, -0.05) is 158 Å². The molecule has 2 N–H and O–H groups in total. The Balaban J connectivity index is 1.23. The number of ether oxygens (including phenoxy) is 1. The number of aromatic nitrogens is 3. The van der Waals surface area contributed by atoms with Gasteiger partial charge in [-0.3, -0.25) is 0 Å². The van der Waals surface area contributed by atoms with Crippen molar-refractivity contribution in [2.75, 3.05) is 0 Å². The second-order valence-corrected chi connectivity index (χ2v) is 13.9. The number of allylic oxidation sites excluding steroid dienone is 2. The molecule has 0 atom stereocenters. The molecule has 264 valence electrons. The second kappa shape index (κ2) is 13.4. The van der Waals surface area contributed by atoms with E-state index in [9.17, 15) is 5.41 Å². The molecule has 0 amide bonds. The zero-order valence-corrected chi connectivity index (χ0v) is 30.1. The summed E-state index contributed by atoms with van der Waals surface area (Å²) >= 11 is 0. The van der Waals surface area contributed by atoms with Crippen LogP contribution in [0.3, 0.4) is 0 Å². The van der Waals surface area contributed by atoms with Crippen LogP contribution >= 0.6 is 0 Å². The molecule has 7 aromatic carbocycles. The largest absolute Gasteiger partial charge is 0.457 e. The molecule has 6 nitrogen and oxygen atoms in total. The van der Waals surface area contributed by atoms with Gasteiger partial charge in [0.15, 0.2) is 17.5 Å². The van der Waals surface area contributed by atoms with E-state index in [1.54, 1.807) is 12.2 Å². The molecule has 1 aromatic heterocycles. The van der Waals surface area contributed by atoms with Gasteiger partial charge in [0.2, 0.25) is 0 Å². The highest BCUT2D eigenvalue weighted by atomic mass is 16.5. The topological polar surface area (TPSA) is 95.6 Å². The fraction of sp³-hybridized carbons (Fsp3) is 0.0200. The maximum Gasteiger partial charge on any atom is 0.164 e. The Morgan fingerprint density at radius 1 is 0.429 bits per heavy atom. The van der Waals surface area contributed by atoms with Gasteiger partial charge in [-0.15, -0.1) is 0 Å². The minimum atomic E-state index is -0.851. The first-order valence-corrected chi connectivity index (χ1v) is 18.5. The smallest absolute Gasteiger partial charge is 0.164 e. The Bertz CT molecular complexity index is 2760. The standard InChI is InChI=1S/C50H33N5O/c51-42(32-15-4-1-5-16-32)29-30-43(52)35-27-28-36-37-21-14-22-38(49-54-47(33-17-6-2-7-18-33)53-48(55-49)34-19-8-3-9-20-34)46(37)50(41(36)31-35)39-23-10-12-25-44(39)56-45-26-13-11-24-40(45)50/h1-31,51-52H/b30-29-,51-42?,52-43?. The van der Waals surface area contributed by atoms with Gasteiger partial charge in [-0.05, 0) is 63.7 Å². The maximum atomic E-state index is 9.25. The van der Waals surface area contributed by atoms with Crippen LogP contribution in [-0.4, -0.2) is 26.4 Å². The van der Waals surface area contributed by atoms with E-state index in [-0.39, 0.29) is 0 Å². The van der Waals surface area contributed by atoms with Crippen LogP contribution < -0.4 is 4.74 Å². The van der Waals surface area contributed by atoms with E-state index in [4.69, 9.17) is 25.1 Å². The highest BCUT2D eigenvalue weighted by Gasteiger charge is 2.52. The molecule has 1 spiro atoms. The van der Waals surface area contributed by atoms with Gasteiger partial charge in [0.25, 0.3) is 0 Å². The third kappa shape index (κ3) is 5.30. The summed E-state index contributed by atoms with van der Waals surface area (Å²) in [6.45, 7) is 0. The number of nitrogens with one attached hydrogen (secondary N) is 2. The van der Waals surface area contributed by atoms with Gasteiger partial charge in [0.05, 0.1) is 16.8 Å². The summed E-state index contributed by atoms with van der Waals surface area (Å²) in [6.07, 6.45) is 3.41. The number of para-hydroxylation sites is 2. The van der Waals surface area contributed by atoms with E-state index < -0.39 is 5.41 Å². The summed E-state index contributed by atoms with van der Waals surface area (Å²) in [5.74, 6) is 3.28. The highest BCUT2D eigenvalue weighted by molar-refractivity contribution is 6.14. The number of hydrogen-bond acceptors (Lipinski definition) is 6. The SMILES string of the molecule is N=C(/C=C\C(=N)c1ccc2c(c1)C1(c3ccccc3Oc3ccccc31)c1c(-c3nc(-c4ccccc4)nc(-c4ccccc4)n3)cccc1-2)c1ccccc1. The third-order valence-corrected chi connectivity index (χ3v) is 10.7. The number of rotatable bonds is 7. The number of fused-ring (bicyclic) bond motifs is 9. The van der Waals surface area contributed by atoms with Crippen LogP contribution in [0.15, 0.2) is 188 Å². The minimum Gasteiger partial charge on any atom is -0.457 e. The highest BCUT2D eigenvalue weighted by Crippen LogP contribution is 2.63. The summed E-state index contributed by atoms with van der Waals surface area (Å²) in [7, 11) is 0. The average molecular weight is 720 g/mol. The lowest BCUT2D eigenvalue weighted by atomic mass is 9.65. The predicted molar refractivity (Wildman–Crippen MR) is 223 cm³/mol. The van der Waals surface area contributed by atoms with Crippen LogP contribution in [0.25, 0.3) is 45.3 Å². The van der Waals surface area contributed by atoms with Crippen LogP contribution in [0.2, 0.25) is 0 Å². The lowest BCUT2D eigenvalue weighted by molar-refractivity contribution is 0.436. The molecule has 0 saturated heterocycles. The molecule has 56 heavy (non-hydrogen) atoms. The van der Waals surface area contributed by atoms with E-state index in [1.807, 2.05) is 121 Å². The van der Waals surface area contributed by atoms with Crippen molar-refractivity contribution in [3.63, 3.8) is 0 Å². The summed E-state index contributed by atoms with van der Waals surface area (Å²) in [6, 6.07) is 58.8. The van der Waals surface area contributed by atoms with Crippen LogP contribution in [0.5, 0.6) is 11.5 Å². The third-order valence-electron chi connectivity index (χ3n) is 10.7. The Hall–Kier alpha value is -7.57. The van der Waals surface area contributed by atoms with E-state index in [1.165, 1.54) is 0 Å². The summed E-state index contributed by atoms with van der Waals surface area (Å²) in [5, 5.41) is 17.9. The monoisotopic (exact) mass is 719 g/mol. The summed E-state index contributed by atoms with van der Waals surface area (Å²) in [5.41, 5.74) is 10.2. The van der Waals surface area contributed by atoms with Crippen molar-refractivity contribution >= 4 is 11.4 Å². The first kappa shape index (κ1) is 33.0. The zero-order chi connectivity index (χ0) is 37.6. The van der Waals surface area contributed by atoms with Crippen molar-refractivity contribution in [3.8, 4) is 56.8 Å². The quantitative estimate of drug-likeness (QED) is 0.160. The average Bonchev–Trinajstić information content (AvgIpc) is 3.56. The van der Waals surface area contributed by atoms with Gasteiger partial charge in [-0.2, -0.15) is 0 Å². The predicted octanol–water partition coefficient (Wildman–Crippen LogP) is 11.3. The molecule has 0 bridgehead atoms. The Morgan fingerprint density at radius 3 is 1.54 bits per heavy atom. The molecule has 2 heterocycles. The van der Waals surface area contributed by atoms with E-state index in [2.05, 4.69) is 54.6 Å². The molecular weight excluding hydrogens is 687 g/mol. The number of nitrogens with zero attached hydrogens (tertiary/aromatic N) is 3. The van der Waals surface area contributed by atoms with Gasteiger partial charge in [0.1, 0.15) is 11.5 Å². The van der Waals surface area contributed by atoms with Gasteiger partial charge in [-0.25, -0.2) is 15.0 Å². The molecule has 2 aliphatic rings. The van der Waals surface area contributed by atoms with E-state index >= 15 is 0 Å². The Labute approximate surface area is 324 Å². The second-order valence-electron chi connectivity index (χ2n) is 13.9. The van der Waals surface area contributed by atoms with Gasteiger partial charge < -0.3 is 15.6 Å².